The van der Waals surface area contributed by atoms with Crippen LogP contribution in [0.4, 0.5) is 0 Å². The number of nitrogens with zero attached hydrogens (tertiary/aromatic N) is 3. The van der Waals surface area contributed by atoms with E-state index in [1.54, 1.807) is 0 Å². The van der Waals surface area contributed by atoms with Gasteiger partial charge in [0.1, 0.15) is 0 Å². The maximum atomic E-state index is 4.61. The SMILES string of the molecule is c1cc(C2CC2)cc(-c2ccc3ncn(C4CCNCC4)c3c2)n1. The third-order valence-electron chi connectivity index (χ3n) is 5.41. The highest BCUT2D eigenvalue weighted by atomic mass is 15.1. The van der Waals surface area contributed by atoms with Gasteiger partial charge < -0.3 is 9.88 Å². The first-order valence-corrected chi connectivity index (χ1v) is 9.02. The largest absolute Gasteiger partial charge is 0.327 e. The second kappa shape index (κ2) is 5.71. The van der Waals surface area contributed by atoms with Crippen LogP contribution >= 0.6 is 0 Å². The van der Waals surface area contributed by atoms with E-state index >= 15 is 0 Å². The van der Waals surface area contributed by atoms with Crippen molar-refractivity contribution in [1.82, 2.24) is 19.9 Å². The number of benzene rings is 1. The first kappa shape index (κ1) is 14.2. The molecule has 3 aromatic rings. The van der Waals surface area contributed by atoms with Crippen molar-refractivity contribution in [3.05, 3.63) is 48.4 Å². The van der Waals surface area contributed by atoms with E-state index < -0.39 is 0 Å². The number of rotatable bonds is 3. The summed E-state index contributed by atoms with van der Waals surface area (Å²) in [7, 11) is 0. The lowest BCUT2D eigenvalue weighted by Gasteiger charge is -2.24. The molecule has 4 nitrogen and oxygen atoms in total. The van der Waals surface area contributed by atoms with Gasteiger partial charge in [0.15, 0.2) is 0 Å². The molecule has 1 aliphatic carbocycles. The molecule has 2 aliphatic rings. The van der Waals surface area contributed by atoms with Crippen molar-refractivity contribution in [2.45, 2.75) is 37.6 Å². The van der Waals surface area contributed by atoms with Crippen molar-refractivity contribution >= 4 is 11.0 Å². The van der Waals surface area contributed by atoms with E-state index in [-0.39, 0.29) is 0 Å². The van der Waals surface area contributed by atoms with Gasteiger partial charge in [0.05, 0.1) is 23.1 Å². The number of hydrogen-bond donors (Lipinski definition) is 1. The number of pyridine rings is 1. The first-order valence-electron chi connectivity index (χ1n) is 9.02. The molecule has 1 N–H and O–H groups in total. The van der Waals surface area contributed by atoms with Crippen molar-refractivity contribution in [3.63, 3.8) is 0 Å². The summed E-state index contributed by atoms with van der Waals surface area (Å²) in [5.41, 5.74) is 6.03. The first-order chi connectivity index (χ1) is 11.9. The molecule has 3 heterocycles. The fourth-order valence-electron chi connectivity index (χ4n) is 3.84. The monoisotopic (exact) mass is 318 g/mol. The third kappa shape index (κ3) is 2.51. The molecule has 2 fully saturated rings. The Bertz CT molecular complexity index is 872. The lowest BCUT2D eigenvalue weighted by atomic mass is 10.0. The topological polar surface area (TPSA) is 42.7 Å². The van der Waals surface area contributed by atoms with Gasteiger partial charge in [-0.1, -0.05) is 6.07 Å². The number of imidazole rings is 1. The average molecular weight is 318 g/mol. The van der Waals surface area contributed by atoms with Gasteiger partial charge in [-0.15, -0.1) is 0 Å². The highest BCUT2D eigenvalue weighted by Gasteiger charge is 2.24. The molecule has 1 saturated heterocycles. The Morgan fingerprint density at radius 1 is 0.958 bits per heavy atom. The minimum Gasteiger partial charge on any atom is -0.327 e. The van der Waals surface area contributed by atoms with Gasteiger partial charge in [0, 0.05) is 17.8 Å². The van der Waals surface area contributed by atoms with E-state index in [0.29, 0.717) is 6.04 Å². The summed E-state index contributed by atoms with van der Waals surface area (Å²) in [6.45, 7) is 2.18. The molecule has 0 bridgehead atoms. The molecule has 4 heteroatoms. The fraction of sp³-hybridized carbons (Fsp3) is 0.400. The summed E-state index contributed by atoms with van der Waals surface area (Å²) < 4.78 is 2.37. The molecule has 0 spiro atoms. The van der Waals surface area contributed by atoms with Gasteiger partial charge in [-0.3, -0.25) is 4.98 Å². The van der Waals surface area contributed by atoms with Crippen LogP contribution in [0.5, 0.6) is 0 Å². The molecule has 0 unspecified atom stereocenters. The van der Waals surface area contributed by atoms with E-state index in [9.17, 15) is 0 Å². The lowest BCUT2D eigenvalue weighted by molar-refractivity contribution is 0.375. The zero-order chi connectivity index (χ0) is 15.9. The van der Waals surface area contributed by atoms with E-state index in [1.807, 2.05) is 12.5 Å². The number of fused-ring (bicyclic) bond motifs is 1. The molecule has 0 radical (unpaired) electrons. The summed E-state index contributed by atoms with van der Waals surface area (Å²) in [5.74, 6) is 0.760. The predicted octanol–water partition coefficient (Wildman–Crippen LogP) is 3.90. The molecule has 24 heavy (non-hydrogen) atoms. The zero-order valence-electron chi connectivity index (χ0n) is 13.8. The number of nitrogens with one attached hydrogen (secondary N) is 1. The van der Waals surface area contributed by atoms with Crippen LogP contribution in [0.1, 0.15) is 43.2 Å². The van der Waals surface area contributed by atoms with E-state index in [2.05, 4.69) is 50.2 Å². The van der Waals surface area contributed by atoms with E-state index in [1.165, 1.54) is 42.3 Å². The molecule has 0 atom stereocenters. The number of hydrogen-bond acceptors (Lipinski definition) is 3. The molecule has 1 aliphatic heterocycles. The Labute approximate surface area is 141 Å². The molecule has 1 saturated carbocycles. The van der Waals surface area contributed by atoms with Crippen molar-refractivity contribution in [1.29, 1.82) is 0 Å². The standard InChI is InChI=1S/C20H22N4/c1-2-14(1)15-5-10-22-19(11-15)16-3-4-18-20(12-16)24(13-23-18)17-6-8-21-9-7-17/h3-5,10-14,17,21H,1-2,6-9H2. The van der Waals surface area contributed by atoms with Gasteiger partial charge in [0.2, 0.25) is 0 Å². The molecule has 5 rings (SSSR count). The summed E-state index contributed by atoms with van der Waals surface area (Å²) in [6.07, 6.45) is 8.96. The Balaban J connectivity index is 1.56. The normalized spacial score (nSPS) is 19.0. The van der Waals surface area contributed by atoms with Crippen LogP contribution in [0.2, 0.25) is 0 Å². The second-order valence-corrected chi connectivity index (χ2v) is 7.09. The van der Waals surface area contributed by atoms with Gasteiger partial charge in [-0.05, 0) is 74.5 Å². The third-order valence-corrected chi connectivity index (χ3v) is 5.41. The lowest BCUT2D eigenvalue weighted by Crippen LogP contribution is -2.29. The fourth-order valence-corrected chi connectivity index (χ4v) is 3.84. The van der Waals surface area contributed by atoms with Gasteiger partial charge >= 0.3 is 0 Å². The van der Waals surface area contributed by atoms with Gasteiger partial charge in [-0.25, -0.2) is 4.98 Å². The molecule has 2 aromatic heterocycles. The summed E-state index contributed by atoms with van der Waals surface area (Å²) in [5, 5.41) is 3.44. The number of piperidine rings is 1. The Hall–Kier alpha value is -2.20. The Morgan fingerprint density at radius 3 is 2.67 bits per heavy atom. The molecular weight excluding hydrogens is 296 g/mol. The predicted molar refractivity (Wildman–Crippen MR) is 96.1 cm³/mol. The van der Waals surface area contributed by atoms with Crippen LogP contribution in [-0.4, -0.2) is 27.6 Å². The molecule has 122 valence electrons. The number of aromatic nitrogens is 3. The van der Waals surface area contributed by atoms with Crippen LogP contribution in [0.3, 0.4) is 0 Å². The van der Waals surface area contributed by atoms with Gasteiger partial charge in [-0.2, -0.15) is 0 Å². The zero-order valence-corrected chi connectivity index (χ0v) is 13.8. The van der Waals surface area contributed by atoms with Crippen LogP contribution < -0.4 is 5.32 Å². The van der Waals surface area contributed by atoms with Crippen LogP contribution in [0, 0.1) is 0 Å². The second-order valence-electron chi connectivity index (χ2n) is 7.09. The van der Waals surface area contributed by atoms with E-state index in [0.717, 1.165) is 30.2 Å². The molecule has 1 aromatic carbocycles. The minimum absolute atomic E-state index is 0.553. The van der Waals surface area contributed by atoms with Crippen molar-refractivity contribution in [2.24, 2.45) is 0 Å². The highest BCUT2D eigenvalue weighted by Crippen LogP contribution is 2.40. The van der Waals surface area contributed by atoms with Crippen molar-refractivity contribution < 1.29 is 0 Å². The van der Waals surface area contributed by atoms with Crippen LogP contribution in [-0.2, 0) is 0 Å². The maximum absolute atomic E-state index is 4.61. The molecule has 0 amide bonds. The Morgan fingerprint density at radius 2 is 1.83 bits per heavy atom. The molecular formula is C20H22N4. The quantitative estimate of drug-likeness (QED) is 0.796. The van der Waals surface area contributed by atoms with Crippen LogP contribution in [0.25, 0.3) is 22.3 Å². The summed E-state index contributed by atoms with van der Waals surface area (Å²) in [4.78, 5) is 9.22. The van der Waals surface area contributed by atoms with Crippen LogP contribution in [0.15, 0.2) is 42.9 Å². The highest BCUT2D eigenvalue weighted by molar-refractivity contribution is 5.81. The van der Waals surface area contributed by atoms with Crippen molar-refractivity contribution in [3.8, 4) is 11.3 Å². The Kier molecular flexibility index (Phi) is 3.37. The smallest absolute Gasteiger partial charge is 0.0960 e. The van der Waals surface area contributed by atoms with Crippen molar-refractivity contribution in [2.75, 3.05) is 13.1 Å². The summed E-state index contributed by atoms with van der Waals surface area (Å²) >= 11 is 0. The maximum Gasteiger partial charge on any atom is 0.0960 e. The van der Waals surface area contributed by atoms with E-state index in [4.69, 9.17) is 0 Å². The van der Waals surface area contributed by atoms with Gasteiger partial charge in [0.25, 0.3) is 0 Å². The minimum atomic E-state index is 0.553. The average Bonchev–Trinajstić information content (AvgIpc) is 3.42. The summed E-state index contributed by atoms with van der Waals surface area (Å²) in [6, 6.07) is 11.5.